The highest BCUT2D eigenvalue weighted by molar-refractivity contribution is 5.93. The molecule has 3 aromatic heterocycles. The average molecular weight is 502 g/mol. The first-order chi connectivity index (χ1) is 18.1. The lowest BCUT2D eigenvalue weighted by Crippen LogP contribution is -2.38. The van der Waals surface area contributed by atoms with Crippen LogP contribution in [0.2, 0.25) is 0 Å². The summed E-state index contributed by atoms with van der Waals surface area (Å²) in [7, 11) is 0. The van der Waals surface area contributed by atoms with Crippen LogP contribution in [-0.4, -0.2) is 57.1 Å². The number of hydrogen-bond acceptors (Lipinski definition) is 10. The number of aromatic nitrogens is 5. The van der Waals surface area contributed by atoms with Crippen LogP contribution in [0, 0.1) is 12.7 Å². The van der Waals surface area contributed by atoms with Crippen molar-refractivity contribution in [1.29, 1.82) is 0 Å². The van der Waals surface area contributed by atoms with Crippen molar-refractivity contribution in [2.75, 3.05) is 41.9 Å². The maximum atomic E-state index is 14.2. The van der Waals surface area contributed by atoms with E-state index in [-0.39, 0.29) is 17.5 Å². The monoisotopic (exact) mass is 501 g/mol. The average Bonchev–Trinajstić information content (AvgIpc) is 2.94. The van der Waals surface area contributed by atoms with Crippen LogP contribution >= 0.6 is 0 Å². The quantitative estimate of drug-likeness (QED) is 0.325. The summed E-state index contributed by atoms with van der Waals surface area (Å²) in [6.45, 7) is 4.04. The van der Waals surface area contributed by atoms with Gasteiger partial charge in [-0.15, -0.1) is 0 Å². The van der Waals surface area contributed by atoms with Crippen molar-refractivity contribution >= 4 is 29.0 Å². The third-order valence-electron chi connectivity index (χ3n) is 5.69. The fourth-order valence-corrected chi connectivity index (χ4v) is 3.84. The number of morpholine rings is 1. The number of halogens is 1. The molecule has 0 radical (unpaired) electrons. The van der Waals surface area contributed by atoms with Crippen LogP contribution in [0.3, 0.4) is 0 Å². The lowest BCUT2D eigenvalue weighted by atomic mass is 10.0. The molecule has 1 aliphatic rings. The van der Waals surface area contributed by atoms with Crippen LogP contribution in [0.1, 0.15) is 16.1 Å². The van der Waals surface area contributed by atoms with E-state index < -0.39 is 11.7 Å². The zero-order valence-electron chi connectivity index (χ0n) is 20.0. The minimum Gasteiger partial charge on any atom is -0.378 e. The maximum Gasteiger partial charge on any atom is 0.288 e. The zero-order valence-corrected chi connectivity index (χ0v) is 20.0. The number of nitrogens with zero attached hydrogens (tertiary/aromatic N) is 6. The molecule has 4 heterocycles. The molecule has 0 unspecified atom stereocenters. The van der Waals surface area contributed by atoms with E-state index in [1.807, 2.05) is 31.2 Å². The summed E-state index contributed by atoms with van der Waals surface area (Å²) in [4.78, 5) is 34.8. The third kappa shape index (κ3) is 5.76. The molecule has 0 saturated carbocycles. The lowest BCUT2D eigenvalue weighted by Gasteiger charge is -2.28. The molecule has 1 fully saturated rings. The molecule has 12 heteroatoms. The van der Waals surface area contributed by atoms with Crippen molar-refractivity contribution in [2.24, 2.45) is 0 Å². The van der Waals surface area contributed by atoms with E-state index in [0.717, 1.165) is 34.4 Å². The number of anilines is 4. The highest BCUT2D eigenvalue weighted by Crippen LogP contribution is 2.25. The molecular weight excluding hydrogens is 477 g/mol. The SMILES string of the molecule is Cc1cc(Nc2ccc(C(=O)NNc3ncc(F)c(N4CCOCC4)n3)nc2)ccc1-c1ccncn1. The molecule has 0 bridgehead atoms. The molecule has 11 nitrogen and oxygen atoms in total. The van der Waals surface area contributed by atoms with Crippen molar-refractivity contribution in [3.8, 4) is 11.3 Å². The minimum atomic E-state index is -0.539. The molecule has 188 valence electrons. The predicted octanol–water partition coefficient (Wildman–Crippen LogP) is 3.11. The first-order valence-corrected chi connectivity index (χ1v) is 11.6. The van der Waals surface area contributed by atoms with Crippen molar-refractivity contribution in [3.63, 3.8) is 0 Å². The van der Waals surface area contributed by atoms with E-state index in [9.17, 15) is 9.18 Å². The lowest BCUT2D eigenvalue weighted by molar-refractivity contribution is 0.0957. The Morgan fingerprint density at radius 3 is 2.59 bits per heavy atom. The Bertz CT molecular complexity index is 1380. The Kier molecular flexibility index (Phi) is 7.08. The highest BCUT2D eigenvalue weighted by Gasteiger charge is 2.18. The molecule has 3 N–H and O–H groups in total. The van der Waals surface area contributed by atoms with Crippen LogP contribution in [0.5, 0.6) is 0 Å². The first kappa shape index (κ1) is 24.0. The summed E-state index contributed by atoms with van der Waals surface area (Å²) >= 11 is 0. The molecule has 1 aliphatic heterocycles. The molecule has 0 atom stereocenters. The highest BCUT2D eigenvalue weighted by atomic mass is 19.1. The Hall–Kier alpha value is -4.71. The number of carbonyl (C=O) groups is 1. The summed E-state index contributed by atoms with van der Waals surface area (Å²) in [5, 5.41) is 3.28. The third-order valence-corrected chi connectivity index (χ3v) is 5.69. The Morgan fingerprint density at radius 1 is 1.03 bits per heavy atom. The van der Waals surface area contributed by atoms with Gasteiger partial charge in [0.25, 0.3) is 5.91 Å². The molecule has 0 spiro atoms. The molecule has 0 aliphatic carbocycles. The molecule has 5 rings (SSSR count). The smallest absolute Gasteiger partial charge is 0.288 e. The number of hydrogen-bond donors (Lipinski definition) is 3. The first-order valence-electron chi connectivity index (χ1n) is 11.6. The summed E-state index contributed by atoms with van der Waals surface area (Å²) in [6.07, 6.45) is 5.86. The van der Waals surface area contributed by atoms with E-state index in [2.05, 4.69) is 41.1 Å². The van der Waals surface area contributed by atoms with Gasteiger partial charge in [-0.05, 0) is 42.8 Å². The summed E-state index contributed by atoms with van der Waals surface area (Å²) in [5.41, 5.74) is 9.82. The van der Waals surface area contributed by atoms with Crippen molar-refractivity contribution in [1.82, 2.24) is 30.3 Å². The van der Waals surface area contributed by atoms with Crippen LogP contribution in [-0.2, 0) is 4.74 Å². The van der Waals surface area contributed by atoms with Gasteiger partial charge in [0.05, 0.1) is 37.0 Å². The summed E-state index contributed by atoms with van der Waals surface area (Å²) in [6, 6.07) is 11.2. The van der Waals surface area contributed by atoms with Crippen molar-refractivity contribution in [2.45, 2.75) is 6.92 Å². The second-order valence-electron chi connectivity index (χ2n) is 8.23. The zero-order chi connectivity index (χ0) is 25.6. The normalized spacial score (nSPS) is 13.2. The second-order valence-corrected chi connectivity index (χ2v) is 8.23. The van der Waals surface area contributed by atoms with Gasteiger partial charge in [-0.2, -0.15) is 4.98 Å². The van der Waals surface area contributed by atoms with E-state index in [1.54, 1.807) is 29.4 Å². The van der Waals surface area contributed by atoms with E-state index >= 15 is 0 Å². The van der Waals surface area contributed by atoms with Gasteiger partial charge in [-0.3, -0.25) is 15.6 Å². The number of amides is 1. The Morgan fingerprint density at radius 2 is 1.86 bits per heavy atom. The topological polar surface area (TPSA) is 130 Å². The van der Waals surface area contributed by atoms with E-state index in [4.69, 9.17) is 4.74 Å². The van der Waals surface area contributed by atoms with Gasteiger partial charge < -0.3 is 15.0 Å². The van der Waals surface area contributed by atoms with Gasteiger partial charge in [0, 0.05) is 30.5 Å². The molecule has 1 aromatic carbocycles. The number of hydrazine groups is 1. The minimum absolute atomic E-state index is 0.0651. The van der Waals surface area contributed by atoms with Crippen LogP contribution in [0.4, 0.5) is 27.5 Å². The van der Waals surface area contributed by atoms with Crippen LogP contribution in [0.15, 0.2) is 61.3 Å². The van der Waals surface area contributed by atoms with Gasteiger partial charge in [0.15, 0.2) is 11.6 Å². The number of carbonyl (C=O) groups excluding carboxylic acids is 1. The van der Waals surface area contributed by atoms with E-state index in [1.165, 1.54) is 6.33 Å². The largest absolute Gasteiger partial charge is 0.378 e. The molecule has 37 heavy (non-hydrogen) atoms. The van der Waals surface area contributed by atoms with Gasteiger partial charge in [0.2, 0.25) is 5.95 Å². The molecule has 1 amide bonds. The fraction of sp³-hybridized carbons (Fsp3) is 0.200. The Balaban J connectivity index is 1.19. The van der Waals surface area contributed by atoms with E-state index in [0.29, 0.717) is 26.3 Å². The van der Waals surface area contributed by atoms with Crippen molar-refractivity contribution < 1.29 is 13.9 Å². The van der Waals surface area contributed by atoms with Gasteiger partial charge in [-0.25, -0.2) is 24.3 Å². The Labute approximate surface area is 212 Å². The predicted molar refractivity (Wildman–Crippen MR) is 136 cm³/mol. The molecule has 4 aromatic rings. The van der Waals surface area contributed by atoms with Gasteiger partial charge in [0.1, 0.15) is 12.0 Å². The number of rotatable bonds is 7. The number of aryl methyl sites for hydroxylation is 1. The van der Waals surface area contributed by atoms with Crippen LogP contribution in [0.25, 0.3) is 11.3 Å². The van der Waals surface area contributed by atoms with Gasteiger partial charge >= 0.3 is 0 Å². The number of pyridine rings is 1. The number of ether oxygens (including phenoxy) is 1. The second kappa shape index (κ2) is 10.9. The molecule has 1 saturated heterocycles. The summed E-state index contributed by atoms with van der Waals surface area (Å²) in [5.74, 6) is -0.806. The van der Waals surface area contributed by atoms with Gasteiger partial charge in [-0.1, -0.05) is 6.07 Å². The number of benzene rings is 1. The van der Waals surface area contributed by atoms with Crippen molar-refractivity contribution in [3.05, 3.63) is 78.4 Å². The van der Waals surface area contributed by atoms with Crippen LogP contribution < -0.4 is 21.1 Å². The maximum absolute atomic E-state index is 14.2. The molecular formula is C25H24FN9O2. The standard InChI is InChI=1S/C25H24FN9O2/c1-16-12-17(2-4-19(16)21-6-7-27-15-30-21)31-18-3-5-22(28-13-18)24(36)33-34-25-29-14-20(26)23(32-25)35-8-10-37-11-9-35/h2-7,12-15,31H,8-11H2,1H3,(H,33,36)(H,29,32,34). The fourth-order valence-electron chi connectivity index (χ4n) is 3.84. The summed E-state index contributed by atoms with van der Waals surface area (Å²) < 4.78 is 19.5. The number of nitrogens with one attached hydrogen (secondary N) is 3.